The van der Waals surface area contributed by atoms with E-state index in [4.69, 9.17) is 5.73 Å². The molecule has 3 N–H and O–H groups in total. The first-order valence-electron chi connectivity index (χ1n) is 4.68. The van der Waals surface area contributed by atoms with Gasteiger partial charge in [-0.2, -0.15) is 0 Å². The lowest BCUT2D eigenvalue weighted by molar-refractivity contribution is 0.0938. The summed E-state index contributed by atoms with van der Waals surface area (Å²) in [5.74, 6) is -0.110. The summed E-state index contributed by atoms with van der Waals surface area (Å²) in [5.41, 5.74) is 6.00. The lowest BCUT2D eigenvalue weighted by Gasteiger charge is -2.18. The Kier molecular flexibility index (Phi) is 3.57. The minimum atomic E-state index is -0.391. The Morgan fingerprint density at radius 3 is 2.67 bits per heavy atom. The third-order valence-corrected chi connectivity index (χ3v) is 2.34. The SMILES string of the molecule is Cn1cc(Br)cc1C(=O)NCC(C)(C)N. The molecule has 0 unspecified atom stereocenters. The molecule has 1 heterocycles. The molecule has 5 heteroatoms. The van der Waals surface area contributed by atoms with Gasteiger partial charge in [0.25, 0.3) is 5.91 Å². The van der Waals surface area contributed by atoms with Gasteiger partial charge < -0.3 is 15.6 Å². The molecule has 1 aromatic heterocycles. The maximum Gasteiger partial charge on any atom is 0.267 e. The van der Waals surface area contributed by atoms with Crippen molar-refractivity contribution in [3.63, 3.8) is 0 Å². The van der Waals surface area contributed by atoms with Crippen molar-refractivity contribution in [3.8, 4) is 0 Å². The van der Waals surface area contributed by atoms with Crippen LogP contribution < -0.4 is 11.1 Å². The number of nitrogens with two attached hydrogens (primary N) is 1. The Morgan fingerprint density at radius 1 is 1.67 bits per heavy atom. The van der Waals surface area contributed by atoms with Crippen molar-refractivity contribution in [1.82, 2.24) is 9.88 Å². The molecule has 1 amide bonds. The second-order valence-electron chi connectivity index (χ2n) is 4.33. The van der Waals surface area contributed by atoms with E-state index in [9.17, 15) is 4.79 Å². The van der Waals surface area contributed by atoms with E-state index in [1.165, 1.54) is 0 Å². The number of hydrogen-bond donors (Lipinski definition) is 2. The largest absolute Gasteiger partial charge is 0.349 e. The van der Waals surface area contributed by atoms with Gasteiger partial charge in [0.2, 0.25) is 0 Å². The fraction of sp³-hybridized carbons (Fsp3) is 0.500. The minimum absolute atomic E-state index is 0.110. The van der Waals surface area contributed by atoms with Crippen LogP contribution in [0.15, 0.2) is 16.7 Å². The van der Waals surface area contributed by atoms with Gasteiger partial charge in [-0.3, -0.25) is 4.79 Å². The van der Waals surface area contributed by atoms with Crippen molar-refractivity contribution >= 4 is 21.8 Å². The predicted octanol–water partition coefficient (Wildman–Crippen LogP) is 1.25. The van der Waals surface area contributed by atoms with Gasteiger partial charge in [-0.15, -0.1) is 0 Å². The fourth-order valence-electron chi connectivity index (χ4n) is 1.15. The van der Waals surface area contributed by atoms with Crippen LogP contribution in [0.2, 0.25) is 0 Å². The van der Waals surface area contributed by atoms with Gasteiger partial charge in [-0.25, -0.2) is 0 Å². The van der Waals surface area contributed by atoms with Crippen molar-refractivity contribution < 1.29 is 4.79 Å². The highest BCUT2D eigenvalue weighted by atomic mass is 79.9. The van der Waals surface area contributed by atoms with Crippen molar-refractivity contribution in [3.05, 3.63) is 22.4 Å². The summed E-state index contributed by atoms with van der Waals surface area (Å²) in [5, 5.41) is 2.79. The molecule has 0 saturated heterocycles. The predicted molar refractivity (Wildman–Crippen MR) is 63.7 cm³/mol. The first kappa shape index (κ1) is 12.3. The highest BCUT2D eigenvalue weighted by Gasteiger charge is 2.15. The molecule has 0 spiro atoms. The number of nitrogens with one attached hydrogen (secondary N) is 1. The van der Waals surface area contributed by atoms with Crippen LogP contribution >= 0.6 is 15.9 Å². The normalized spacial score (nSPS) is 11.5. The summed E-state index contributed by atoms with van der Waals surface area (Å²) < 4.78 is 2.66. The molecule has 0 atom stereocenters. The van der Waals surface area contributed by atoms with Crippen LogP contribution in [-0.2, 0) is 7.05 Å². The molecule has 0 aliphatic heterocycles. The molecule has 1 aromatic rings. The number of carbonyl (C=O) groups excluding carboxylic acids is 1. The van der Waals surface area contributed by atoms with E-state index in [2.05, 4.69) is 21.2 Å². The van der Waals surface area contributed by atoms with Crippen LogP contribution in [0.4, 0.5) is 0 Å². The number of nitrogens with zero attached hydrogens (tertiary/aromatic N) is 1. The lowest BCUT2D eigenvalue weighted by atomic mass is 10.1. The number of aromatic nitrogens is 1. The molecule has 0 saturated carbocycles. The zero-order chi connectivity index (χ0) is 11.6. The average Bonchev–Trinajstić information content (AvgIpc) is 2.40. The molecular weight excluding hydrogens is 258 g/mol. The Bertz CT molecular complexity index is 365. The highest BCUT2D eigenvalue weighted by Crippen LogP contribution is 2.13. The number of rotatable bonds is 3. The van der Waals surface area contributed by atoms with Crippen LogP contribution in [0.1, 0.15) is 24.3 Å². The van der Waals surface area contributed by atoms with Crippen molar-refractivity contribution in [2.75, 3.05) is 6.54 Å². The third-order valence-electron chi connectivity index (χ3n) is 1.91. The first-order valence-corrected chi connectivity index (χ1v) is 5.48. The van der Waals surface area contributed by atoms with Gasteiger partial charge in [-0.1, -0.05) is 0 Å². The Morgan fingerprint density at radius 2 is 2.27 bits per heavy atom. The van der Waals surface area contributed by atoms with Crippen molar-refractivity contribution in [2.45, 2.75) is 19.4 Å². The van der Waals surface area contributed by atoms with E-state index in [-0.39, 0.29) is 5.91 Å². The quantitative estimate of drug-likeness (QED) is 0.871. The van der Waals surface area contributed by atoms with Crippen LogP contribution in [-0.4, -0.2) is 22.6 Å². The smallest absolute Gasteiger partial charge is 0.267 e. The van der Waals surface area contributed by atoms with E-state index in [0.717, 1.165) is 4.47 Å². The standard InChI is InChI=1S/C10H16BrN3O/c1-10(2,12)6-13-9(15)8-4-7(11)5-14(8)3/h4-5H,6,12H2,1-3H3,(H,13,15). The highest BCUT2D eigenvalue weighted by molar-refractivity contribution is 9.10. The number of halogens is 1. The molecule has 84 valence electrons. The van der Waals surface area contributed by atoms with Crippen LogP contribution in [0.5, 0.6) is 0 Å². The van der Waals surface area contributed by atoms with Crippen LogP contribution in [0, 0.1) is 0 Å². The third kappa shape index (κ3) is 3.68. The molecule has 0 radical (unpaired) electrons. The molecular formula is C10H16BrN3O. The van der Waals surface area contributed by atoms with Gasteiger partial charge >= 0.3 is 0 Å². The van der Waals surface area contributed by atoms with E-state index in [1.54, 1.807) is 10.6 Å². The number of aryl methyl sites for hydroxylation is 1. The summed E-state index contributed by atoms with van der Waals surface area (Å²) in [6.45, 7) is 4.19. The van der Waals surface area contributed by atoms with E-state index < -0.39 is 5.54 Å². The topological polar surface area (TPSA) is 60.0 Å². The first-order chi connectivity index (χ1) is 6.79. The number of hydrogen-bond acceptors (Lipinski definition) is 2. The molecule has 0 fully saturated rings. The van der Waals surface area contributed by atoms with E-state index in [0.29, 0.717) is 12.2 Å². The molecule has 0 bridgehead atoms. The van der Waals surface area contributed by atoms with Crippen molar-refractivity contribution in [2.24, 2.45) is 12.8 Å². The zero-order valence-corrected chi connectivity index (χ0v) is 10.8. The van der Waals surface area contributed by atoms with Gasteiger partial charge in [0.15, 0.2) is 0 Å². The fourth-order valence-corrected chi connectivity index (χ4v) is 1.67. The number of carbonyl (C=O) groups is 1. The lowest BCUT2D eigenvalue weighted by Crippen LogP contribution is -2.45. The van der Waals surface area contributed by atoms with Gasteiger partial charge in [0.05, 0.1) is 0 Å². The second kappa shape index (κ2) is 4.37. The Balaban J connectivity index is 2.66. The average molecular weight is 274 g/mol. The maximum atomic E-state index is 11.7. The summed E-state index contributed by atoms with van der Waals surface area (Å²) >= 11 is 3.32. The van der Waals surface area contributed by atoms with Crippen molar-refractivity contribution in [1.29, 1.82) is 0 Å². The van der Waals surface area contributed by atoms with E-state index in [1.807, 2.05) is 27.1 Å². The van der Waals surface area contributed by atoms with Gasteiger partial charge in [-0.05, 0) is 35.8 Å². The minimum Gasteiger partial charge on any atom is -0.349 e. The monoisotopic (exact) mass is 273 g/mol. The Labute approximate surface area is 98.0 Å². The van der Waals surface area contributed by atoms with Crippen LogP contribution in [0.25, 0.3) is 0 Å². The van der Waals surface area contributed by atoms with Gasteiger partial charge in [0, 0.05) is 29.8 Å². The van der Waals surface area contributed by atoms with E-state index >= 15 is 0 Å². The summed E-state index contributed by atoms with van der Waals surface area (Å²) in [6, 6.07) is 1.78. The summed E-state index contributed by atoms with van der Waals surface area (Å²) in [4.78, 5) is 11.7. The molecule has 0 aromatic carbocycles. The molecule has 4 nitrogen and oxygen atoms in total. The molecule has 0 aliphatic carbocycles. The summed E-state index contributed by atoms with van der Waals surface area (Å²) in [7, 11) is 1.83. The maximum absolute atomic E-state index is 11.7. The second-order valence-corrected chi connectivity index (χ2v) is 5.24. The van der Waals surface area contributed by atoms with Crippen LogP contribution in [0.3, 0.4) is 0 Å². The molecule has 0 aliphatic rings. The summed E-state index contributed by atoms with van der Waals surface area (Å²) in [6.07, 6.45) is 1.84. The Hall–Kier alpha value is -0.810. The zero-order valence-electron chi connectivity index (χ0n) is 9.17. The molecule has 1 rings (SSSR count). The molecule has 15 heavy (non-hydrogen) atoms. The van der Waals surface area contributed by atoms with Gasteiger partial charge in [0.1, 0.15) is 5.69 Å². The number of amides is 1.